The number of aryl methyl sites for hydroxylation is 1. The highest BCUT2D eigenvalue weighted by Crippen LogP contribution is 2.23. The van der Waals surface area contributed by atoms with Crippen LogP contribution in [-0.2, 0) is 25.6 Å². The van der Waals surface area contributed by atoms with Crippen LogP contribution in [0.1, 0.15) is 52.2 Å². The van der Waals surface area contributed by atoms with E-state index in [0.29, 0.717) is 25.4 Å². The van der Waals surface area contributed by atoms with Crippen molar-refractivity contribution in [2.24, 2.45) is 11.3 Å². The number of amides is 1. The van der Waals surface area contributed by atoms with Crippen LogP contribution in [0.15, 0.2) is 30.3 Å². The van der Waals surface area contributed by atoms with Crippen LogP contribution >= 0.6 is 0 Å². The molecule has 0 aliphatic rings. The van der Waals surface area contributed by atoms with Gasteiger partial charge in [-0.1, -0.05) is 38.1 Å². The second kappa shape index (κ2) is 10.8. The number of carboxylic acid groups (broad SMARTS) is 1. The summed E-state index contributed by atoms with van der Waals surface area (Å²) in [6.07, 6.45) is 3.81. The van der Waals surface area contributed by atoms with E-state index < -0.39 is 17.7 Å². The number of hydroxylamine groups is 1. The first-order chi connectivity index (χ1) is 12.6. The molecule has 1 aromatic carbocycles. The van der Waals surface area contributed by atoms with Gasteiger partial charge in [0.1, 0.15) is 0 Å². The van der Waals surface area contributed by atoms with Gasteiger partial charge < -0.3 is 9.84 Å². The number of hydrogen-bond acceptors (Lipinski definition) is 4. The molecule has 0 radical (unpaired) electrons. The van der Waals surface area contributed by atoms with E-state index >= 15 is 0 Å². The second-order valence-electron chi connectivity index (χ2n) is 7.64. The van der Waals surface area contributed by atoms with E-state index in [0.717, 1.165) is 11.1 Å². The quantitative estimate of drug-likeness (QED) is 0.348. The summed E-state index contributed by atoms with van der Waals surface area (Å²) < 4.78 is 5.39. The molecule has 0 aliphatic carbocycles. The Labute approximate surface area is 161 Å². The van der Waals surface area contributed by atoms with Crippen LogP contribution in [0, 0.1) is 11.3 Å². The Bertz CT molecular complexity index is 634. The van der Waals surface area contributed by atoms with Crippen LogP contribution in [0.4, 0.5) is 0 Å². The standard InChI is InChI=1S/C21H31NO5/c1-15(2)14-26-16(3)27-22-19(23)11-10-17-6-8-18(9-7-17)12-13-21(4,5)20(24)25/h6-11,15-16H,12-14H2,1-5H3,(H,22,23)(H,24,25)/b11-10+. The molecular formula is C21H31NO5. The fourth-order valence-electron chi connectivity index (χ4n) is 2.07. The fourth-order valence-corrected chi connectivity index (χ4v) is 2.07. The summed E-state index contributed by atoms with van der Waals surface area (Å²) in [4.78, 5) is 28.0. The lowest BCUT2D eigenvalue weighted by Crippen LogP contribution is -2.29. The van der Waals surface area contributed by atoms with Crippen LogP contribution in [0.2, 0.25) is 0 Å². The van der Waals surface area contributed by atoms with Crippen molar-refractivity contribution < 1.29 is 24.3 Å². The predicted molar refractivity (Wildman–Crippen MR) is 105 cm³/mol. The molecule has 0 saturated heterocycles. The summed E-state index contributed by atoms with van der Waals surface area (Å²) in [7, 11) is 0. The summed E-state index contributed by atoms with van der Waals surface area (Å²) in [6.45, 7) is 9.79. The molecular weight excluding hydrogens is 346 g/mol. The number of carbonyl (C=O) groups excluding carboxylic acids is 1. The zero-order valence-corrected chi connectivity index (χ0v) is 16.8. The van der Waals surface area contributed by atoms with E-state index in [4.69, 9.17) is 14.7 Å². The Morgan fingerprint density at radius 2 is 1.81 bits per heavy atom. The van der Waals surface area contributed by atoms with E-state index in [2.05, 4.69) is 5.48 Å². The Balaban J connectivity index is 2.43. The molecule has 0 aromatic heterocycles. The van der Waals surface area contributed by atoms with Crippen LogP contribution in [0.3, 0.4) is 0 Å². The number of benzene rings is 1. The van der Waals surface area contributed by atoms with Crippen molar-refractivity contribution in [3.63, 3.8) is 0 Å². The third-order valence-electron chi connectivity index (χ3n) is 4.01. The normalized spacial score (nSPS) is 13.1. The van der Waals surface area contributed by atoms with Crippen molar-refractivity contribution >= 4 is 18.0 Å². The van der Waals surface area contributed by atoms with Gasteiger partial charge in [0.25, 0.3) is 5.91 Å². The van der Waals surface area contributed by atoms with E-state index in [-0.39, 0.29) is 5.91 Å². The number of nitrogens with one attached hydrogen (secondary N) is 1. The molecule has 1 atom stereocenters. The highest BCUT2D eigenvalue weighted by Gasteiger charge is 2.26. The zero-order valence-electron chi connectivity index (χ0n) is 16.8. The van der Waals surface area contributed by atoms with E-state index in [9.17, 15) is 9.59 Å². The smallest absolute Gasteiger partial charge is 0.309 e. The summed E-state index contributed by atoms with van der Waals surface area (Å²) in [5.74, 6) is -0.772. The van der Waals surface area contributed by atoms with Crippen molar-refractivity contribution in [3.05, 3.63) is 41.5 Å². The molecule has 1 aromatic rings. The van der Waals surface area contributed by atoms with E-state index in [1.54, 1.807) is 26.8 Å². The first-order valence-corrected chi connectivity index (χ1v) is 9.18. The topological polar surface area (TPSA) is 84.9 Å². The number of ether oxygens (including phenoxy) is 1. The molecule has 6 heteroatoms. The molecule has 1 amide bonds. The highest BCUT2D eigenvalue weighted by atomic mass is 16.8. The second-order valence-corrected chi connectivity index (χ2v) is 7.64. The van der Waals surface area contributed by atoms with Gasteiger partial charge in [-0.3, -0.25) is 9.59 Å². The van der Waals surface area contributed by atoms with Gasteiger partial charge in [-0.15, -0.1) is 0 Å². The Morgan fingerprint density at radius 1 is 1.19 bits per heavy atom. The maximum Gasteiger partial charge on any atom is 0.309 e. The maximum atomic E-state index is 11.8. The minimum absolute atomic E-state index is 0.373. The van der Waals surface area contributed by atoms with Crippen LogP contribution in [-0.4, -0.2) is 29.9 Å². The van der Waals surface area contributed by atoms with Gasteiger partial charge in [0.2, 0.25) is 0 Å². The van der Waals surface area contributed by atoms with Gasteiger partial charge >= 0.3 is 5.97 Å². The summed E-state index contributed by atoms with van der Waals surface area (Å²) in [6, 6.07) is 7.66. The molecule has 0 bridgehead atoms. The van der Waals surface area contributed by atoms with E-state index in [1.165, 1.54) is 6.08 Å². The maximum absolute atomic E-state index is 11.8. The number of aliphatic carboxylic acids is 1. The number of hydrogen-bond donors (Lipinski definition) is 2. The average Bonchev–Trinajstić information content (AvgIpc) is 2.62. The van der Waals surface area contributed by atoms with Crippen LogP contribution in [0.25, 0.3) is 6.08 Å². The highest BCUT2D eigenvalue weighted by molar-refractivity contribution is 5.90. The number of carbonyl (C=O) groups is 2. The molecule has 6 nitrogen and oxygen atoms in total. The lowest BCUT2D eigenvalue weighted by Gasteiger charge is -2.18. The molecule has 0 heterocycles. The van der Waals surface area contributed by atoms with Gasteiger partial charge in [-0.25, -0.2) is 10.3 Å². The van der Waals surface area contributed by atoms with Gasteiger partial charge in [-0.2, -0.15) is 0 Å². The molecule has 150 valence electrons. The lowest BCUT2D eigenvalue weighted by atomic mass is 9.86. The molecule has 0 aliphatic heterocycles. The summed E-state index contributed by atoms with van der Waals surface area (Å²) >= 11 is 0. The number of carboxylic acids is 1. The average molecular weight is 377 g/mol. The fraction of sp³-hybridized carbons (Fsp3) is 0.524. The van der Waals surface area contributed by atoms with Crippen molar-refractivity contribution in [3.8, 4) is 0 Å². The number of rotatable bonds is 11. The molecule has 0 fully saturated rings. The van der Waals surface area contributed by atoms with Crippen LogP contribution in [0.5, 0.6) is 0 Å². The van der Waals surface area contributed by atoms with Gasteiger partial charge in [0.05, 0.1) is 12.0 Å². The van der Waals surface area contributed by atoms with Gasteiger partial charge in [0, 0.05) is 6.08 Å². The monoisotopic (exact) mass is 377 g/mol. The van der Waals surface area contributed by atoms with E-state index in [1.807, 2.05) is 38.1 Å². The first-order valence-electron chi connectivity index (χ1n) is 9.18. The molecule has 27 heavy (non-hydrogen) atoms. The predicted octanol–water partition coefficient (Wildman–Crippen LogP) is 3.81. The van der Waals surface area contributed by atoms with Gasteiger partial charge in [-0.05, 0) is 56.7 Å². The molecule has 0 spiro atoms. The third kappa shape index (κ3) is 9.35. The molecule has 0 saturated carbocycles. The van der Waals surface area contributed by atoms with Crippen LogP contribution < -0.4 is 5.48 Å². The third-order valence-corrected chi connectivity index (χ3v) is 4.01. The lowest BCUT2D eigenvalue weighted by molar-refractivity contribution is -0.180. The first kappa shape index (κ1) is 22.9. The summed E-state index contributed by atoms with van der Waals surface area (Å²) in [5, 5.41) is 9.15. The van der Waals surface area contributed by atoms with Crippen molar-refractivity contribution in [1.82, 2.24) is 5.48 Å². The summed E-state index contributed by atoms with van der Waals surface area (Å²) in [5.41, 5.74) is 3.52. The Hall–Kier alpha value is -2.18. The molecule has 2 N–H and O–H groups in total. The Kier molecular flexibility index (Phi) is 9.18. The Morgan fingerprint density at radius 3 is 2.37 bits per heavy atom. The van der Waals surface area contributed by atoms with Crippen molar-refractivity contribution in [2.45, 2.75) is 53.8 Å². The minimum Gasteiger partial charge on any atom is -0.481 e. The van der Waals surface area contributed by atoms with Crippen molar-refractivity contribution in [1.29, 1.82) is 0 Å². The minimum atomic E-state index is -0.792. The largest absolute Gasteiger partial charge is 0.481 e. The molecule has 1 unspecified atom stereocenters. The van der Waals surface area contributed by atoms with Gasteiger partial charge in [0.15, 0.2) is 6.29 Å². The SMILES string of the molecule is CC(C)COC(C)ONC(=O)/C=C/c1ccc(CCC(C)(C)C(=O)O)cc1. The van der Waals surface area contributed by atoms with Crippen molar-refractivity contribution in [2.75, 3.05) is 6.61 Å². The zero-order chi connectivity index (χ0) is 20.4. The molecule has 1 rings (SSSR count).